The quantitative estimate of drug-likeness (QED) is 0.396. The lowest BCUT2D eigenvalue weighted by atomic mass is 9.64. The largest absolute Gasteiger partial charge is 0.497 e. The lowest BCUT2D eigenvalue weighted by Crippen LogP contribution is -2.46. The van der Waals surface area contributed by atoms with Crippen LogP contribution in [0.5, 0.6) is 5.75 Å². The molecule has 1 saturated heterocycles. The van der Waals surface area contributed by atoms with Crippen LogP contribution >= 0.6 is 0 Å². The molecule has 39 heavy (non-hydrogen) atoms. The fourth-order valence-corrected chi connectivity index (χ4v) is 5.68. The molecule has 0 aromatic heterocycles. The Balaban J connectivity index is 1.99. The van der Waals surface area contributed by atoms with Crippen molar-refractivity contribution in [2.45, 2.75) is 32.6 Å². The van der Waals surface area contributed by atoms with Crippen LogP contribution in [0.3, 0.4) is 0 Å². The van der Waals surface area contributed by atoms with Crippen LogP contribution in [0, 0.1) is 24.1 Å². The van der Waals surface area contributed by atoms with Gasteiger partial charge >= 0.3 is 0 Å². The van der Waals surface area contributed by atoms with Crippen molar-refractivity contribution >= 4 is 17.1 Å². The van der Waals surface area contributed by atoms with Gasteiger partial charge in [0, 0.05) is 42.9 Å². The van der Waals surface area contributed by atoms with Crippen molar-refractivity contribution in [2.75, 3.05) is 41.0 Å². The summed E-state index contributed by atoms with van der Waals surface area (Å²) in [7, 11) is 4.29. The van der Waals surface area contributed by atoms with Gasteiger partial charge in [0.2, 0.25) is 0 Å². The number of ether oxygens (including phenoxy) is 3. The molecule has 1 aliphatic carbocycles. The van der Waals surface area contributed by atoms with E-state index in [1.54, 1.807) is 37.3 Å². The molecule has 1 heterocycles. The van der Waals surface area contributed by atoms with Gasteiger partial charge in [-0.1, -0.05) is 24.3 Å². The molecule has 0 spiro atoms. The summed E-state index contributed by atoms with van der Waals surface area (Å²) in [5.74, 6) is -2.12. The number of hydrogen-bond donors (Lipinski definition) is 1. The number of allylic oxidation sites excluding steroid dienone is 3. The third-order valence-electron chi connectivity index (χ3n) is 7.85. The average Bonchev–Trinajstić information content (AvgIpc) is 2.97. The Labute approximate surface area is 228 Å². The summed E-state index contributed by atoms with van der Waals surface area (Å²) < 4.78 is 47.8. The van der Waals surface area contributed by atoms with Crippen molar-refractivity contribution < 1.29 is 32.6 Å². The van der Waals surface area contributed by atoms with Gasteiger partial charge in [0.1, 0.15) is 11.6 Å². The minimum absolute atomic E-state index is 0.0296. The van der Waals surface area contributed by atoms with E-state index in [9.17, 15) is 14.0 Å². The Morgan fingerprint density at radius 1 is 1.08 bits per heavy atom. The highest BCUT2D eigenvalue weighted by Gasteiger charge is 2.52. The molecule has 2 aromatic rings. The second-order valence-electron chi connectivity index (χ2n) is 10.1. The van der Waals surface area contributed by atoms with E-state index in [-0.39, 0.29) is 47.7 Å². The first-order valence-corrected chi connectivity index (χ1v) is 13.1. The number of hydrogen-bond acceptors (Lipinski definition) is 6. The molecule has 6 nitrogen and oxygen atoms in total. The number of carbonyl (C=O) groups excluding carboxylic acids is 2. The molecule has 208 valence electrons. The fourth-order valence-electron chi connectivity index (χ4n) is 5.68. The van der Waals surface area contributed by atoms with Gasteiger partial charge in [-0.3, -0.25) is 9.59 Å². The van der Waals surface area contributed by atoms with Crippen molar-refractivity contribution in [3.8, 4) is 5.75 Å². The SMILES string of the molecule is COCCC1(C(=O)C2CCCNC2)CC(C(=O)c2cccc(OC)c2)=C(c2cccc(F)c2C)C(OC)=C1F. The zero-order chi connectivity index (χ0) is 28.2. The molecule has 1 fully saturated rings. The molecule has 2 aliphatic rings. The maximum Gasteiger partial charge on any atom is 0.189 e. The van der Waals surface area contributed by atoms with Gasteiger partial charge < -0.3 is 19.5 Å². The van der Waals surface area contributed by atoms with Crippen LogP contribution in [-0.2, 0) is 14.3 Å². The summed E-state index contributed by atoms with van der Waals surface area (Å²) in [6.45, 7) is 2.90. The van der Waals surface area contributed by atoms with Crippen LogP contribution in [0.4, 0.5) is 8.78 Å². The van der Waals surface area contributed by atoms with E-state index >= 15 is 4.39 Å². The van der Waals surface area contributed by atoms with E-state index in [2.05, 4.69) is 5.32 Å². The molecule has 2 unspecified atom stereocenters. The van der Waals surface area contributed by atoms with Gasteiger partial charge in [0.15, 0.2) is 23.2 Å². The molecule has 0 amide bonds. The summed E-state index contributed by atoms with van der Waals surface area (Å²) in [4.78, 5) is 28.4. The summed E-state index contributed by atoms with van der Waals surface area (Å²) in [6.07, 6.45) is 1.24. The van der Waals surface area contributed by atoms with Gasteiger partial charge in [-0.2, -0.15) is 0 Å². The zero-order valence-electron chi connectivity index (χ0n) is 22.9. The Morgan fingerprint density at radius 3 is 2.51 bits per heavy atom. The molecule has 1 N–H and O–H groups in total. The molecule has 2 atom stereocenters. The maximum atomic E-state index is 16.8. The number of nitrogens with one attached hydrogen (secondary N) is 1. The Bertz CT molecular complexity index is 1310. The normalized spacial score (nSPS) is 21.6. The molecule has 4 rings (SSSR count). The van der Waals surface area contributed by atoms with E-state index in [1.165, 1.54) is 33.5 Å². The highest BCUT2D eigenvalue weighted by atomic mass is 19.1. The number of halogens is 2. The van der Waals surface area contributed by atoms with Crippen LogP contribution in [-0.4, -0.2) is 52.6 Å². The summed E-state index contributed by atoms with van der Waals surface area (Å²) >= 11 is 0. The van der Waals surface area contributed by atoms with Gasteiger partial charge in [0.25, 0.3) is 0 Å². The van der Waals surface area contributed by atoms with Crippen molar-refractivity contribution in [3.05, 3.63) is 82.1 Å². The third kappa shape index (κ3) is 5.40. The third-order valence-corrected chi connectivity index (χ3v) is 7.85. The van der Waals surface area contributed by atoms with E-state index in [1.807, 2.05) is 0 Å². The van der Waals surface area contributed by atoms with E-state index in [0.29, 0.717) is 29.8 Å². The van der Waals surface area contributed by atoms with Crippen LogP contribution in [0.15, 0.2) is 59.6 Å². The second-order valence-corrected chi connectivity index (χ2v) is 10.1. The van der Waals surface area contributed by atoms with Crippen LogP contribution in [0.25, 0.3) is 5.57 Å². The zero-order valence-corrected chi connectivity index (χ0v) is 22.9. The smallest absolute Gasteiger partial charge is 0.189 e. The predicted octanol–water partition coefficient (Wildman–Crippen LogP) is 5.60. The molecule has 0 radical (unpaired) electrons. The standard InChI is InChI=1S/C31H35F2NO5/c1-19-23(11-6-12-25(19)32)26-24(27(35)20-8-5-10-22(16-20)38-3)17-31(13-15-37-2,29(33)28(26)39-4)30(36)21-9-7-14-34-18-21/h5-6,8,10-12,16,21,34H,7,9,13-15,17-18H2,1-4H3. The molecular weight excluding hydrogens is 504 g/mol. The first-order valence-electron chi connectivity index (χ1n) is 13.1. The number of piperidine rings is 1. The van der Waals surface area contributed by atoms with E-state index < -0.39 is 28.8 Å². The van der Waals surface area contributed by atoms with Crippen molar-refractivity contribution in [3.63, 3.8) is 0 Å². The topological polar surface area (TPSA) is 73.9 Å². The highest BCUT2D eigenvalue weighted by Crippen LogP contribution is 2.52. The Hall–Kier alpha value is -3.36. The van der Waals surface area contributed by atoms with Crippen LogP contribution in [0.2, 0.25) is 0 Å². The molecule has 1 aliphatic heterocycles. The second kappa shape index (κ2) is 12.2. The summed E-state index contributed by atoms with van der Waals surface area (Å²) in [5, 5.41) is 3.23. The van der Waals surface area contributed by atoms with Crippen LogP contribution in [0.1, 0.15) is 47.2 Å². The van der Waals surface area contributed by atoms with Crippen LogP contribution < -0.4 is 10.1 Å². The lowest BCUT2D eigenvalue weighted by Gasteiger charge is -2.40. The minimum Gasteiger partial charge on any atom is -0.497 e. The van der Waals surface area contributed by atoms with Gasteiger partial charge in [-0.15, -0.1) is 0 Å². The molecule has 0 saturated carbocycles. The monoisotopic (exact) mass is 539 g/mol. The van der Waals surface area contributed by atoms with Crippen molar-refractivity contribution in [1.29, 1.82) is 0 Å². The van der Waals surface area contributed by atoms with Gasteiger partial charge in [-0.05, 0) is 68.5 Å². The van der Waals surface area contributed by atoms with Crippen molar-refractivity contribution in [1.82, 2.24) is 5.32 Å². The minimum atomic E-state index is -1.67. The predicted molar refractivity (Wildman–Crippen MR) is 145 cm³/mol. The van der Waals surface area contributed by atoms with E-state index in [0.717, 1.165) is 13.0 Å². The van der Waals surface area contributed by atoms with E-state index in [4.69, 9.17) is 14.2 Å². The van der Waals surface area contributed by atoms with Gasteiger partial charge in [-0.25, -0.2) is 8.78 Å². The molecule has 0 bridgehead atoms. The first-order chi connectivity index (χ1) is 18.8. The lowest BCUT2D eigenvalue weighted by molar-refractivity contribution is -0.133. The Morgan fingerprint density at radius 2 is 1.85 bits per heavy atom. The maximum absolute atomic E-state index is 16.8. The van der Waals surface area contributed by atoms with Gasteiger partial charge in [0.05, 0.1) is 19.6 Å². The number of benzene rings is 2. The summed E-state index contributed by atoms with van der Waals surface area (Å²) in [6, 6.07) is 11.1. The number of methoxy groups -OCH3 is 3. The number of ketones is 2. The fraction of sp³-hybridized carbons (Fsp3) is 0.419. The van der Waals surface area contributed by atoms with Crippen molar-refractivity contribution in [2.24, 2.45) is 11.3 Å². The summed E-state index contributed by atoms with van der Waals surface area (Å²) in [5.41, 5.74) is -0.440. The number of Topliss-reactive ketones (excluding diaryl/α,β-unsaturated/α-hetero) is 2. The number of carbonyl (C=O) groups is 2. The number of rotatable bonds is 10. The average molecular weight is 540 g/mol. The Kier molecular flexibility index (Phi) is 8.97. The molecular formula is C31H35F2NO5. The molecule has 2 aromatic carbocycles. The highest BCUT2D eigenvalue weighted by molar-refractivity contribution is 6.16. The first kappa shape index (κ1) is 28.6. The molecule has 8 heteroatoms.